The molecule has 7 nitrogen and oxygen atoms in total. The van der Waals surface area contributed by atoms with Crippen LogP contribution in [0.3, 0.4) is 0 Å². The van der Waals surface area contributed by atoms with E-state index >= 15 is 0 Å². The van der Waals surface area contributed by atoms with Crippen LogP contribution in [-0.4, -0.2) is 52.4 Å². The van der Waals surface area contributed by atoms with Gasteiger partial charge in [-0.15, -0.1) is 0 Å². The van der Waals surface area contributed by atoms with Crippen LogP contribution in [0.5, 0.6) is 0 Å². The number of pyridine rings is 1. The number of hydrogen-bond acceptors (Lipinski definition) is 5. The molecule has 1 saturated carbocycles. The summed E-state index contributed by atoms with van der Waals surface area (Å²) in [5.74, 6) is 0. The normalized spacial score (nSPS) is 14.4. The average molecular weight is 466 g/mol. The van der Waals surface area contributed by atoms with Crippen LogP contribution >= 0.6 is 0 Å². The van der Waals surface area contributed by atoms with Crippen LogP contribution in [0.2, 0.25) is 0 Å². The lowest BCUT2D eigenvalue weighted by molar-refractivity contribution is 0.419. The highest BCUT2D eigenvalue weighted by Crippen LogP contribution is 2.31. The minimum Gasteiger partial charge on any atom is -0.385 e. The summed E-state index contributed by atoms with van der Waals surface area (Å²) in [5, 5.41) is 8.59. The van der Waals surface area contributed by atoms with E-state index in [1.54, 1.807) is 16.7 Å². The Balaban J connectivity index is 1.37. The highest BCUT2D eigenvalue weighted by molar-refractivity contribution is 7.90. The number of sulfonamides is 1. The third kappa shape index (κ3) is 5.34. The molecule has 2 aromatic heterocycles. The summed E-state index contributed by atoms with van der Waals surface area (Å²) in [5.41, 5.74) is 4.89. The fraction of sp³-hybridized carbons (Fsp3) is 0.360. The fourth-order valence-electron chi connectivity index (χ4n) is 3.89. The molecule has 1 aliphatic rings. The molecule has 1 fully saturated rings. The zero-order chi connectivity index (χ0) is 23.4. The molecule has 0 saturated heterocycles. The van der Waals surface area contributed by atoms with Crippen molar-refractivity contribution in [2.75, 3.05) is 19.6 Å². The third-order valence-electron chi connectivity index (χ3n) is 5.99. The van der Waals surface area contributed by atoms with E-state index in [1.165, 1.54) is 0 Å². The summed E-state index contributed by atoms with van der Waals surface area (Å²) in [6.45, 7) is 7.76. The summed E-state index contributed by atoms with van der Waals surface area (Å²) < 4.78 is 28.4. The maximum absolute atomic E-state index is 12.4. The summed E-state index contributed by atoms with van der Waals surface area (Å²) >= 11 is 0. The van der Waals surface area contributed by atoms with Crippen molar-refractivity contribution < 1.29 is 8.42 Å². The Morgan fingerprint density at radius 3 is 2.85 bits per heavy atom. The Kier molecular flexibility index (Phi) is 6.95. The zero-order valence-electron chi connectivity index (χ0n) is 19.2. The van der Waals surface area contributed by atoms with Crippen LogP contribution < -0.4 is 5.32 Å². The van der Waals surface area contributed by atoms with E-state index in [4.69, 9.17) is 0 Å². The van der Waals surface area contributed by atoms with Crippen molar-refractivity contribution in [1.82, 2.24) is 24.4 Å². The number of aromatic nitrogens is 3. The van der Waals surface area contributed by atoms with Crippen molar-refractivity contribution in [3.63, 3.8) is 0 Å². The van der Waals surface area contributed by atoms with E-state index in [1.807, 2.05) is 30.9 Å². The van der Waals surface area contributed by atoms with Gasteiger partial charge in [0, 0.05) is 55.7 Å². The van der Waals surface area contributed by atoms with Gasteiger partial charge >= 0.3 is 0 Å². The first-order valence-electron chi connectivity index (χ1n) is 11.4. The first kappa shape index (κ1) is 23.2. The fourth-order valence-corrected chi connectivity index (χ4v) is 5.78. The molecule has 1 N–H and O–H groups in total. The number of hydrogen-bond donors (Lipinski definition) is 1. The lowest BCUT2D eigenvalue weighted by atomic mass is 10.1. The lowest BCUT2D eigenvalue weighted by Gasteiger charge is -2.20. The van der Waals surface area contributed by atoms with E-state index in [0.717, 1.165) is 52.6 Å². The van der Waals surface area contributed by atoms with E-state index in [9.17, 15) is 8.42 Å². The van der Waals surface area contributed by atoms with Crippen molar-refractivity contribution in [2.45, 2.75) is 31.4 Å². The largest absolute Gasteiger partial charge is 0.385 e. The highest BCUT2D eigenvalue weighted by atomic mass is 32.2. The monoisotopic (exact) mass is 465 g/mol. The summed E-state index contributed by atoms with van der Waals surface area (Å²) in [6.07, 6.45) is 11.9. The quantitative estimate of drug-likeness (QED) is 0.435. The van der Waals surface area contributed by atoms with Crippen LogP contribution in [-0.2, 0) is 17.1 Å². The molecule has 33 heavy (non-hydrogen) atoms. The van der Waals surface area contributed by atoms with E-state index < -0.39 is 10.0 Å². The Morgan fingerprint density at radius 1 is 1.27 bits per heavy atom. The maximum Gasteiger partial charge on any atom is 0.216 e. The van der Waals surface area contributed by atoms with Crippen molar-refractivity contribution in [3.8, 4) is 0 Å². The Bertz CT molecular complexity index is 1270. The average Bonchev–Trinajstić information content (AvgIpc) is 3.62. The van der Waals surface area contributed by atoms with E-state index in [0.29, 0.717) is 19.6 Å². The Hall–Kier alpha value is -2.97. The van der Waals surface area contributed by atoms with Crippen molar-refractivity contribution in [3.05, 3.63) is 66.1 Å². The van der Waals surface area contributed by atoms with Gasteiger partial charge in [-0.2, -0.15) is 5.10 Å². The molecule has 174 valence electrons. The molecule has 4 rings (SSSR count). The molecule has 1 aromatic carbocycles. The minimum absolute atomic E-state index is 0.163. The first-order chi connectivity index (χ1) is 15.9. The van der Waals surface area contributed by atoms with E-state index in [2.05, 4.69) is 52.3 Å². The Labute approximate surface area is 195 Å². The number of nitrogens with zero attached hydrogens (tertiary/aromatic N) is 4. The predicted molar refractivity (Wildman–Crippen MR) is 135 cm³/mol. The van der Waals surface area contributed by atoms with Gasteiger partial charge in [0.2, 0.25) is 10.0 Å². The minimum atomic E-state index is -3.13. The summed E-state index contributed by atoms with van der Waals surface area (Å²) in [4.78, 5) is 4.26. The standard InChI is InChI=1S/C25H31N5O2S/c1-4-30(33(31,32)23-10-11-23)15-5-13-27-19(2)24-18-26-14-12-21(24)8-6-20-7-9-22-17-28-29(3)25(22)16-20/h6-9,12,14,16-18,23,27H,2,4-5,10-11,13,15H2,1,3H3/b8-6+. The predicted octanol–water partition coefficient (Wildman–Crippen LogP) is 3.90. The second-order valence-electron chi connectivity index (χ2n) is 8.38. The number of fused-ring (bicyclic) bond motifs is 1. The molecular weight excluding hydrogens is 434 g/mol. The molecule has 3 aromatic rings. The molecule has 0 unspecified atom stereocenters. The topological polar surface area (TPSA) is 80.1 Å². The van der Waals surface area contributed by atoms with Gasteiger partial charge in [0.15, 0.2) is 0 Å². The number of rotatable bonds is 11. The molecule has 0 spiro atoms. The second-order valence-corrected chi connectivity index (χ2v) is 10.6. The molecule has 0 amide bonds. The van der Waals surface area contributed by atoms with Crippen LogP contribution in [0.15, 0.2) is 49.4 Å². The number of benzene rings is 1. The Morgan fingerprint density at radius 2 is 2.09 bits per heavy atom. The molecule has 0 radical (unpaired) electrons. The van der Waals surface area contributed by atoms with Crippen molar-refractivity contribution >= 4 is 38.8 Å². The van der Waals surface area contributed by atoms with Gasteiger partial charge in [0.05, 0.1) is 17.0 Å². The lowest BCUT2D eigenvalue weighted by Crippen LogP contribution is -2.35. The molecule has 0 atom stereocenters. The van der Waals surface area contributed by atoms with Crippen LogP contribution in [0.1, 0.15) is 42.9 Å². The zero-order valence-corrected chi connectivity index (χ0v) is 20.1. The van der Waals surface area contributed by atoms with Crippen LogP contribution in [0.25, 0.3) is 28.8 Å². The van der Waals surface area contributed by atoms with Gasteiger partial charge in [-0.05, 0) is 42.5 Å². The van der Waals surface area contributed by atoms with Gasteiger partial charge in [0.1, 0.15) is 0 Å². The molecule has 1 aliphatic carbocycles. The smallest absolute Gasteiger partial charge is 0.216 e. The molecular formula is C25H31N5O2S. The van der Waals surface area contributed by atoms with Gasteiger partial charge in [-0.3, -0.25) is 9.67 Å². The van der Waals surface area contributed by atoms with Gasteiger partial charge in [-0.25, -0.2) is 12.7 Å². The molecule has 0 aliphatic heterocycles. The molecule has 0 bridgehead atoms. The van der Waals surface area contributed by atoms with Gasteiger partial charge in [-0.1, -0.05) is 37.8 Å². The molecule has 2 heterocycles. The highest BCUT2D eigenvalue weighted by Gasteiger charge is 2.39. The van der Waals surface area contributed by atoms with E-state index in [-0.39, 0.29) is 5.25 Å². The SMILES string of the molecule is C=C(NCCCN(CC)S(=O)(=O)C1CC1)c1cnccc1/C=C/c1ccc2cnn(C)c2c1. The molecule has 8 heteroatoms. The second kappa shape index (κ2) is 9.89. The maximum atomic E-state index is 12.4. The first-order valence-corrected chi connectivity index (χ1v) is 12.9. The third-order valence-corrected chi connectivity index (χ3v) is 8.46. The van der Waals surface area contributed by atoms with Gasteiger partial charge < -0.3 is 5.32 Å². The van der Waals surface area contributed by atoms with Crippen molar-refractivity contribution in [2.24, 2.45) is 7.05 Å². The van der Waals surface area contributed by atoms with Gasteiger partial charge in [0.25, 0.3) is 0 Å². The number of aryl methyl sites for hydroxylation is 1. The van der Waals surface area contributed by atoms with Crippen molar-refractivity contribution in [1.29, 1.82) is 0 Å². The van der Waals surface area contributed by atoms with Crippen LogP contribution in [0.4, 0.5) is 0 Å². The number of nitrogens with one attached hydrogen (secondary N) is 1. The summed E-state index contributed by atoms with van der Waals surface area (Å²) in [7, 11) is -1.19. The summed E-state index contributed by atoms with van der Waals surface area (Å²) in [6, 6.07) is 8.22. The van der Waals surface area contributed by atoms with Crippen LogP contribution in [0, 0.1) is 0 Å².